The minimum absolute atomic E-state index is 0.301. The maximum Gasteiger partial charge on any atom is 0.231 e. The maximum atomic E-state index is 5.61. The van der Waals surface area contributed by atoms with Gasteiger partial charge in [-0.3, -0.25) is 0 Å². The smallest absolute Gasteiger partial charge is 0.231 e. The molecule has 5 heteroatoms. The van der Waals surface area contributed by atoms with Gasteiger partial charge in [-0.2, -0.15) is 4.98 Å². The number of para-hydroxylation sites is 1. The molecule has 1 aromatic heterocycles. The van der Waals surface area contributed by atoms with Crippen LogP contribution in [0.15, 0.2) is 28.8 Å². The zero-order valence-corrected chi connectivity index (χ0v) is 11.8. The Balaban J connectivity index is 1.90. The van der Waals surface area contributed by atoms with Gasteiger partial charge in [0.05, 0.1) is 18.1 Å². The van der Waals surface area contributed by atoms with Gasteiger partial charge >= 0.3 is 0 Å². The third-order valence-electron chi connectivity index (χ3n) is 3.70. The third kappa shape index (κ3) is 2.41. The second-order valence-electron chi connectivity index (χ2n) is 5.13. The van der Waals surface area contributed by atoms with Crippen molar-refractivity contribution < 1.29 is 9.26 Å². The van der Waals surface area contributed by atoms with Crippen LogP contribution in [0, 0.1) is 5.92 Å². The molecule has 1 aromatic carbocycles. The highest BCUT2D eigenvalue weighted by Crippen LogP contribution is 2.31. The van der Waals surface area contributed by atoms with Gasteiger partial charge in [0.25, 0.3) is 0 Å². The van der Waals surface area contributed by atoms with E-state index in [1.165, 1.54) is 0 Å². The Labute approximate surface area is 118 Å². The molecule has 1 saturated heterocycles. The average Bonchev–Trinajstić information content (AvgIpc) is 3.08. The zero-order chi connectivity index (χ0) is 13.9. The number of benzene rings is 1. The van der Waals surface area contributed by atoms with Crippen molar-refractivity contribution in [2.45, 2.75) is 19.8 Å². The highest BCUT2D eigenvalue weighted by Gasteiger charge is 2.30. The Morgan fingerprint density at radius 2 is 2.20 bits per heavy atom. The highest BCUT2D eigenvalue weighted by atomic mass is 16.5. The van der Waals surface area contributed by atoms with E-state index < -0.39 is 0 Å². The number of rotatable bonds is 4. The summed E-state index contributed by atoms with van der Waals surface area (Å²) >= 11 is 0. The van der Waals surface area contributed by atoms with Gasteiger partial charge in [-0.1, -0.05) is 24.2 Å². The van der Waals surface area contributed by atoms with Crippen LogP contribution in [0.1, 0.15) is 25.7 Å². The van der Waals surface area contributed by atoms with Crippen molar-refractivity contribution in [3.05, 3.63) is 30.2 Å². The molecule has 3 rings (SSSR count). The minimum atomic E-state index is 0.301. The molecule has 0 spiro atoms. The summed E-state index contributed by atoms with van der Waals surface area (Å²) in [5.74, 6) is 2.92. The first-order valence-electron chi connectivity index (χ1n) is 7.06. The van der Waals surface area contributed by atoms with E-state index in [2.05, 4.69) is 22.4 Å². The van der Waals surface area contributed by atoms with E-state index in [0.29, 0.717) is 30.2 Å². The first-order chi connectivity index (χ1) is 9.79. The quantitative estimate of drug-likeness (QED) is 0.927. The van der Waals surface area contributed by atoms with Gasteiger partial charge < -0.3 is 14.6 Å². The number of nitrogens with zero attached hydrogens (tertiary/aromatic N) is 2. The molecule has 0 radical (unpaired) electrons. The average molecular weight is 273 g/mol. The number of ether oxygens (including phenoxy) is 1. The molecule has 20 heavy (non-hydrogen) atoms. The summed E-state index contributed by atoms with van der Waals surface area (Å²) in [6.07, 6.45) is 0. The summed E-state index contributed by atoms with van der Waals surface area (Å²) in [7, 11) is 0. The van der Waals surface area contributed by atoms with Crippen LogP contribution < -0.4 is 10.1 Å². The van der Waals surface area contributed by atoms with Crippen LogP contribution in [-0.2, 0) is 0 Å². The van der Waals surface area contributed by atoms with Gasteiger partial charge in [0, 0.05) is 6.54 Å². The fourth-order valence-electron chi connectivity index (χ4n) is 2.57. The number of hydrogen-bond donors (Lipinski definition) is 1. The molecule has 1 N–H and O–H groups in total. The molecule has 0 saturated carbocycles. The third-order valence-corrected chi connectivity index (χ3v) is 3.70. The lowest BCUT2D eigenvalue weighted by Gasteiger charge is -2.08. The Morgan fingerprint density at radius 3 is 2.95 bits per heavy atom. The van der Waals surface area contributed by atoms with Crippen molar-refractivity contribution in [2.75, 3.05) is 19.7 Å². The molecule has 5 nitrogen and oxygen atoms in total. The fraction of sp³-hybridized carbons (Fsp3) is 0.467. The molecule has 1 aliphatic heterocycles. The van der Waals surface area contributed by atoms with E-state index in [1.54, 1.807) is 0 Å². The van der Waals surface area contributed by atoms with Crippen LogP contribution in [0.5, 0.6) is 5.75 Å². The van der Waals surface area contributed by atoms with E-state index >= 15 is 0 Å². The van der Waals surface area contributed by atoms with Crippen LogP contribution in [0.3, 0.4) is 0 Å². The van der Waals surface area contributed by atoms with Gasteiger partial charge in [-0.15, -0.1) is 0 Å². The highest BCUT2D eigenvalue weighted by molar-refractivity contribution is 5.63. The lowest BCUT2D eigenvalue weighted by atomic mass is 9.98. The van der Waals surface area contributed by atoms with Crippen molar-refractivity contribution >= 4 is 0 Å². The van der Waals surface area contributed by atoms with Crippen molar-refractivity contribution in [1.29, 1.82) is 0 Å². The van der Waals surface area contributed by atoms with E-state index in [4.69, 9.17) is 9.26 Å². The molecular weight excluding hydrogens is 254 g/mol. The summed E-state index contributed by atoms with van der Waals surface area (Å²) in [5.41, 5.74) is 0.878. The van der Waals surface area contributed by atoms with Crippen LogP contribution in [0.4, 0.5) is 0 Å². The first kappa shape index (κ1) is 13.1. The summed E-state index contributed by atoms with van der Waals surface area (Å²) < 4.78 is 11.1. The summed E-state index contributed by atoms with van der Waals surface area (Å²) in [5, 5.41) is 7.46. The molecule has 0 aliphatic carbocycles. The Bertz CT molecular complexity index is 582. The predicted molar refractivity (Wildman–Crippen MR) is 75.7 cm³/mol. The molecular formula is C15H19N3O2. The summed E-state index contributed by atoms with van der Waals surface area (Å²) in [6.45, 7) is 6.67. The second kappa shape index (κ2) is 5.63. The summed E-state index contributed by atoms with van der Waals surface area (Å²) in [4.78, 5) is 4.56. The molecule has 0 amide bonds. The topological polar surface area (TPSA) is 60.2 Å². The molecule has 1 aliphatic rings. The molecule has 2 unspecified atom stereocenters. The lowest BCUT2D eigenvalue weighted by molar-refractivity contribution is 0.336. The Kier molecular flexibility index (Phi) is 3.69. The van der Waals surface area contributed by atoms with Crippen LogP contribution >= 0.6 is 0 Å². The number of nitrogens with one attached hydrogen (secondary N) is 1. The van der Waals surface area contributed by atoms with Crippen LogP contribution in [0.25, 0.3) is 11.4 Å². The molecule has 2 atom stereocenters. The van der Waals surface area contributed by atoms with Crippen molar-refractivity contribution in [1.82, 2.24) is 15.5 Å². The van der Waals surface area contributed by atoms with Gasteiger partial charge in [-0.05, 0) is 31.5 Å². The van der Waals surface area contributed by atoms with Crippen LogP contribution in [0.2, 0.25) is 0 Å². The normalized spacial score (nSPS) is 22.1. The Hall–Kier alpha value is -1.88. The molecule has 2 aromatic rings. The van der Waals surface area contributed by atoms with Gasteiger partial charge in [0.1, 0.15) is 5.75 Å². The zero-order valence-electron chi connectivity index (χ0n) is 11.8. The summed E-state index contributed by atoms with van der Waals surface area (Å²) in [6, 6.07) is 7.77. The van der Waals surface area contributed by atoms with Gasteiger partial charge in [-0.25, -0.2) is 0 Å². The molecule has 2 heterocycles. The number of hydrogen-bond acceptors (Lipinski definition) is 5. The maximum absolute atomic E-state index is 5.61. The van der Waals surface area contributed by atoms with E-state index in [0.717, 1.165) is 24.4 Å². The van der Waals surface area contributed by atoms with Crippen molar-refractivity contribution in [3.63, 3.8) is 0 Å². The van der Waals surface area contributed by atoms with E-state index in [1.807, 2.05) is 31.2 Å². The van der Waals surface area contributed by atoms with Crippen LogP contribution in [-0.4, -0.2) is 29.8 Å². The molecule has 106 valence electrons. The molecule has 1 fully saturated rings. The predicted octanol–water partition coefficient (Wildman–Crippen LogP) is 2.46. The van der Waals surface area contributed by atoms with Crippen molar-refractivity contribution in [2.24, 2.45) is 5.92 Å². The monoisotopic (exact) mass is 273 g/mol. The first-order valence-corrected chi connectivity index (χ1v) is 7.06. The van der Waals surface area contributed by atoms with Gasteiger partial charge in [0.15, 0.2) is 0 Å². The Morgan fingerprint density at radius 1 is 1.35 bits per heavy atom. The fourth-order valence-corrected chi connectivity index (χ4v) is 2.57. The van der Waals surface area contributed by atoms with E-state index in [9.17, 15) is 0 Å². The standard InChI is InChI=1S/C15H19N3O2/c1-3-19-13-7-5-4-6-11(13)14-17-15(20-18-14)12-9-16-8-10(12)2/h4-7,10,12,16H,3,8-9H2,1-2H3. The second-order valence-corrected chi connectivity index (χ2v) is 5.13. The largest absolute Gasteiger partial charge is 0.493 e. The van der Waals surface area contributed by atoms with Crippen molar-refractivity contribution in [3.8, 4) is 17.1 Å². The van der Waals surface area contributed by atoms with Gasteiger partial charge in [0.2, 0.25) is 11.7 Å². The van der Waals surface area contributed by atoms with E-state index in [-0.39, 0.29) is 0 Å². The number of aromatic nitrogens is 2. The lowest BCUT2D eigenvalue weighted by Crippen LogP contribution is -2.08. The molecule has 0 bridgehead atoms. The SMILES string of the molecule is CCOc1ccccc1-c1noc(C2CNCC2C)n1. The minimum Gasteiger partial charge on any atom is -0.493 e.